The smallest absolute Gasteiger partial charge is 0.344 e. The molecule has 6 nitrogen and oxygen atoms in total. The molecule has 4 N–H and O–H groups in total. The third-order valence-electron chi connectivity index (χ3n) is 1.72. The van der Waals surface area contributed by atoms with Gasteiger partial charge in [0.1, 0.15) is 0 Å². The van der Waals surface area contributed by atoms with Crippen molar-refractivity contribution in [2.24, 2.45) is 5.73 Å². The normalized spacial score (nSPS) is 17.2. The van der Waals surface area contributed by atoms with Crippen molar-refractivity contribution in [2.45, 2.75) is 0 Å². The number of hydrogen-bond donors (Lipinski definition) is 3. The molecule has 1 aliphatic heterocycles. The van der Waals surface area contributed by atoms with Gasteiger partial charge in [-0.2, -0.15) is 10.1 Å². The number of nitrogens with one attached hydrogen (secondary N) is 2. The van der Waals surface area contributed by atoms with Crippen LogP contribution in [0.4, 0.5) is 4.79 Å². The Kier molecular flexibility index (Phi) is 3.69. The molecule has 1 aliphatic rings. The number of rotatable bonds is 4. The number of amides is 2. The molecule has 13 heavy (non-hydrogen) atoms. The van der Waals surface area contributed by atoms with Crippen LogP contribution >= 0.6 is 0 Å². The summed E-state index contributed by atoms with van der Waals surface area (Å²) >= 11 is 0. The van der Waals surface area contributed by atoms with E-state index in [9.17, 15) is 4.79 Å². The van der Waals surface area contributed by atoms with Crippen molar-refractivity contribution in [3.8, 4) is 0 Å². The fourth-order valence-electron chi connectivity index (χ4n) is 1.13. The average molecular weight is 185 g/mol. The van der Waals surface area contributed by atoms with Crippen LogP contribution in [0.3, 0.4) is 0 Å². The van der Waals surface area contributed by atoms with E-state index >= 15 is 0 Å². The molecule has 2 amide bonds. The SMILES string of the molecule is C=CCNN(C(N)=O)N1CCNC1. The summed E-state index contributed by atoms with van der Waals surface area (Å²) < 4.78 is 0. The highest BCUT2D eigenvalue weighted by molar-refractivity contribution is 5.70. The molecule has 0 aromatic heterocycles. The number of hydrogen-bond acceptors (Lipinski definition) is 4. The molecule has 0 bridgehead atoms. The number of urea groups is 1. The highest BCUT2D eigenvalue weighted by atomic mass is 16.2. The van der Waals surface area contributed by atoms with E-state index < -0.39 is 6.03 Å². The molecule has 6 heteroatoms. The topological polar surface area (TPSA) is 73.6 Å². The molecule has 1 rings (SSSR count). The first-order valence-electron chi connectivity index (χ1n) is 4.15. The van der Waals surface area contributed by atoms with Crippen LogP contribution < -0.4 is 16.5 Å². The number of nitrogens with zero attached hydrogens (tertiary/aromatic N) is 2. The molecule has 0 spiro atoms. The van der Waals surface area contributed by atoms with Crippen LogP contribution in [0.2, 0.25) is 0 Å². The Labute approximate surface area is 77.3 Å². The standard InChI is InChI=1S/C7H15N5O/c1-2-3-10-12(7(8)13)11-5-4-9-6-11/h2,9-10H,1,3-6H2,(H2,8,13). The second-order valence-electron chi connectivity index (χ2n) is 2.69. The van der Waals surface area contributed by atoms with E-state index in [4.69, 9.17) is 5.73 Å². The van der Waals surface area contributed by atoms with Gasteiger partial charge < -0.3 is 11.1 Å². The predicted molar refractivity (Wildman–Crippen MR) is 49.2 cm³/mol. The molecule has 0 atom stereocenters. The summed E-state index contributed by atoms with van der Waals surface area (Å²) in [6.45, 7) is 6.32. The molecule has 1 saturated heterocycles. The third kappa shape index (κ3) is 2.69. The first kappa shape index (κ1) is 9.97. The maximum absolute atomic E-state index is 11.0. The third-order valence-corrected chi connectivity index (χ3v) is 1.72. The van der Waals surface area contributed by atoms with E-state index in [-0.39, 0.29) is 0 Å². The van der Waals surface area contributed by atoms with E-state index in [1.54, 1.807) is 11.1 Å². The van der Waals surface area contributed by atoms with Gasteiger partial charge >= 0.3 is 6.03 Å². The molecule has 0 aliphatic carbocycles. The lowest BCUT2D eigenvalue weighted by Gasteiger charge is -2.28. The summed E-state index contributed by atoms with van der Waals surface area (Å²) in [5.74, 6) is 0. The van der Waals surface area contributed by atoms with E-state index in [2.05, 4.69) is 17.3 Å². The fraction of sp³-hybridized carbons (Fsp3) is 0.571. The monoisotopic (exact) mass is 185 g/mol. The predicted octanol–water partition coefficient (Wildman–Crippen LogP) is -1.16. The molecule has 0 radical (unpaired) electrons. The van der Waals surface area contributed by atoms with Gasteiger partial charge in [-0.1, -0.05) is 6.08 Å². The molecular formula is C7H15N5O. The average Bonchev–Trinajstić information content (AvgIpc) is 2.57. The van der Waals surface area contributed by atoms with Crippen molar-refractivity contribution in [1.82, 2.24) is 20.9 Å². The van der Waals surface area contributed by atoms with Crippen molar-refractivity contribution in [1.29, 1.82) is 0 Å². The van der Waals surface area contributed by atoms with Crippen LogP contribution in [0.25, 0.3) is 0 Å². The van der Waals surface area contributed by atoms with E-state index in [0.29, 0.717) is 13.2 Å². The van der Waals surface area contributed by atoms with Crippen molar-refractivity contribution in [2.75, 3.05) is 26.3 Å². The molecule has 0 aromatic carbocycles. The van der Waals surface area contributed by atoms with Crippen LogP contribution in [-0.2, 0) is 0 Å². The number of hydrazine groups is 2. The Morgan fingerprint density at radius 1 is 1.85 bits per heavy atom. The number of nitrogens with two attached hydrogens (primary N) is 1. The second-order valence-corrected chi connectivity index (χ2v) is 2.69. The first-order valence-corrected chi connectivity index (χ1v) is 4.15. The van der Waals surface area contributed by atoms with E-state index in [0.717, 1.165) is 13.1 Å². The van der Waals surface area contributed by atoms with Gasteiger partial charge in [0, 0.05) is 19.6 Å². The quantitative estimate of drug-likeness (QED) is 0.381. The van der Waals surface area contributed by atoms with E-state index in [1.807, 2.05) is 0 Å². The van der Waals surface area contributed by atoms with Crippen LogP contribution in [0.5, 0.6) is 0 Å². The molecule has 0 aromatic rings. The lowest BCUT2D eigenvalue weighted by Crippen LogP contribution is -2.55. The van der Waals surface area contributed by atoms with Gasteiger partial charge in [-0.15, -0.1) is 6.58 Å². The van der Waals surface area contributed by atoms with Gasteiger partial charge in [-0.05, 0) is 0 Å². The molecule has 74 valence electrons. The largest absolute Gasteiger partial charge is 0.349 e. The first-order chi connectivity index (χ1) is 6.25. The molecule has 1 fully saturated rings. The van der Waals surface area contributed by atoms with Crippen molar-refractivity contribution < 1.29 is 4.79 Å². The summed E-state index contributed by atoms with van der Waals surface area (Å²) in [6, 6.07) is -0.509. The number of primary amides is 1. The Bertz CT molecular complexity index is 189. The van der Waals surface area contributed by atoms with Crippen LogP contribution in [0, 0.1) is 0 Å². The molecular weight excluding hydrogens is 170 g/mol. The highest BCUT2D eigenvalue weighted by Crippen LogP contribution is 1.96. The fourth-order valence-corrected chi connectivity index (χ4v) is 1.13. The Morgan fingerprint density at radius 3 is 3.08 bits per heavy atom. The van der Waals surface area contributed by atoms with Gasteiger partial charge in [0.25, 0.3) is 0 Å². The van der Waals surface area contributed by atoms with Crippen molar-refractivity contribution in [3.05, 3.63) is 12.7 Å². The van der Waals surface area contributed by atoms with Crippen LogP contribution in [0.1, 0.15) is 0 Å². The Balaban J connectivity index is 2.45. The van der Waals surface area contributed by atoms with Gasteiger partial charge in [-0.25, -0.2) is 10.2 Å². The van der Waals surface area contributed by atoms with E-state index in [1.165, 1.54) is 5.12 Å². The Morgan fingerprint density at radius 2 is 2.62 bits per heavy atom. The summed E-state index contributed by atoms with van der Waals surface area (Å²) in [7, 11) is 0. The van der Waals surface area contributed by atoms with Crippen molar-refractivity contribution >= 4 is 6.03 Å². The number of carbonyl (C=O) groups is 1. The summed E-state index contributed by atoms with van der Waals surface area (Å²) in [5.41, 5.74) is 8.02. The zero-order valence-electron chi connectivity index (χ0n) is 7.49. The van der Waals surface area contributed by atoms with Gasteiger partial charge in [0.05, 0.1) is 6.67 Å². The van der Waals surface area contributed by atoms with Crippen molar-refractivity contribution in [3.63, 3.8) is 0 Å². The summed E-state index contributed by atoms with van der Waals surface area (Å²) in [4.78, 5) is 11.0. The minimum Gasteiger partial charge on any atom is -0.349 e. The lowest BCUT2D eigenvalue weighted by atomic mass is 10.6. The van der Waals surface area contributed by atoms with Crippen LogP contribution in [0.15, 0.2) is 12.7 Å². The minimum atomic E-state index is -0.509. The zero-order chi connectivity index (χ0) is 9.68. The second kappa shape index (κ2) is 4.80. The Hall–Kier alpha value is -1.11. The summed E-state index contributed by atoms with van der Waals surface area (Å²) in [6.07, 6.45) is 1.67. The molecule has 0 saturated carbocycles. The molecule has 1 heterocycles. The van der Waals surface area contributed by atoms with Gasteiger partial charge in [-0.3, -0.25) is 0 Å². The minimum absolute atomic E-state index is 0.509. The van der Waals surface area contributed by atoms with Gasteiger partial charge in [0.15, 0.2) is 0 Å². The number of carbonyl (C=O) groups excluding carboxylic acids is 1. The highest BCUT2D eigenvalue weighted by Gasteiger charge is 2.21. The lowest BCUT2D eigenvalue weighted by molar-refractivity contribution is -0.00138. The summed E-state index contributed by atoms with van der Waals surface area (Å²) in [5, 5.41) is 6.20. The zero-order valence-corrected chi connectivity index (χ0v) is 7.49. The molecule has 0 unspecified atom stereocenters. The maximum Gasteiger partial charge on any atom is 0.344 e. The van der Waals surface area contributed by atoms with Gasteiger partial charge in [0.2, 0.25) is 0 Å². The maximum atomic E-state index is 11.0. The van der Waals surface area contributed by atoms with Crippen LogP contribution in [-0.4, -0.2) is 42.5 Å².